The number of hydrogen-bond acceptors (Lipinski definition) is 5. The van der Waals surface area contributed by atoms with Crippen LogP contribution in [0.25, 0.3) is 0 Å². The number of carbonyl (C=O) groups is 1. The third kappa shape index (κ3) is 4.50. The molecule has 0 bridgehead atoms. The fourth-order valence-corrected chi connectivity index (χ4v) is 1.14. The van der Waals surface area contributed by atoms with E-state index in [1.165, 1.54) is 0 Å². The molecule has 6 nitrogen and oxygen atoms in total. The van der Waals surface area contributed by atoms with Crippen LogP contribution in [0.4, 0.5) is 16.4 Å². The predicted octanol–water partition coefficient (Wildman–Crippen LogP) is 1.02. The van der Waals surface area contributed by atoms with Crippen LogP contribution >= 0.6 is 0 Å². The van der Waals surface area contributed by atoms with E-state index in [-0.39, 0.29) is 6.61 Å². The summed E-state index contributed by atoms with van der Waals surface area (Å²) < 4.78 is 4.57. The molecule has 0 atom stereocenters. The quantitative estimate of drug-likeness (QED) is 0.628. The highest BCUT2D eigenvalue weighted by atomic mass is 16.5. The second-order valence-electron chi connectivity index (χ2n) is 3.03. The lowest BCUT2D eigenvalue weighted by Gasteiger charge is -2.07. The predicted molar refractivity (Wildman–Crippen MR) is 62.4 cm³/mol. The molecule has 0 saturated carbocycles. The maximum atomic E-state index is 10.3. The minimum Gasteiger partial charge on any atom is -0.448 e. The van der Waals surface area contributed by atoms with Gasteiger partial charge in [-0.1, -0.05) is 6.07 Å². The molecule has 1 heterocycles. The van der Waals surface area contributed by atoms with Crippen LogP contribution in [0.5, 0.6) is 0 Å². The van der Waals surface area contributed by atoms with Crippen molar-refractivity contribution in [3.63, 3.8) is 0 Å². The van der Waals surface area contributed by atoms with Crippen LogP contribution in [0, 0.1) is 0 Å². The smallest absolute Gasteiger partial charge is 0.404 e. The Balaban J connectivity index is 2.35. The number of hydrogen-bond donors (Lipinski definition) is 3. The number of carbonyl (C=O) groups excluding carboxylic acids is 1. The molecular weight excluding hydrogens is 208 g/mol. The summed E-state index contributed by atoms with van der Waals surface area (Å²) >= 11 is 0. The van der Waals surface area contributed by atoms with Gasteiger partial charge in [0.05, 0.1) is 6.54 Å². The maximum Gasteiger partial charge on any atom is 0.404 e. The molecule has 0 aromatic carbocycles. The normalized spacial score (nSPS) is 9.56. The van der Waals surface area contributed by atoms with Crippen LogP contribution in [0.15, 0.2) is 18.2 Å². The Labute approximate surface area is 94.2 Å². The molecule has 0 aliphatic carbocycles. The summed E-state index contributed by atoms with van der Waals surface area (Å²) in [7, 11) is 0. The Hall–Kier alpha value is -1.98. The SMILES string of the molecule is CCNc1cccc(NCCOC(N)=O)n1. The molecular formula is C10H16N4O2. The lowest BCUT2D eigenvalue weighted by atomic mass is 10.4. The molecule has 4 N–H and O–H groups in total. The Bertz CT molecular complexity index is 343. The average Bonchev–Trinajstić information content (AvgIpc) is 2.25. The van der Waals surface area contributed by atoms with Crippen LogP contribution < -0.4 is 16.4 Å². The molecule has 0 radical (unpaired) electrons. The van der Waals surface area contributed by atoms with Gasteiger partial charge < -0.3 is 21.1 Å². The minimum atomic E-state index is -0.767. The fraction of sp³-hybridized carbons (Fsp3) is 0.400. The van der Waals surface area contributed by atoms with E-state index in [1.807, 2.05) is 25.1 Å². The maximum absolute atomic E-state index is 10.3. The van der Waals surface area contributed by atoms with Crippen LogP contribution in [-0.4, -0.2) is 30.8 Å². The van der Waals surface area contributed by atoms with Gasteiger partial charge in [-0.25, -0.2) is 9.78 Å². The number of aromatic nitrogens is 1. The first-order valence-corrected chi connectivity index (χ1v) is 5.09. The Morgan fingerprint density at radius 3 is 2.75 bits per heavy atom. The molecule has 1 aromatic heterocycles. The standard InChI is InChI=1S/C10H16N4O2/c1-2-12-8-4-3-5-9(14-8)13-6-7-16-10(11)15/h3-5H,2,6-7H2,1H3,(H2,11,15)(H2,12,13,14). The van der Waals surface area contributed by atoms with Crippen molar-refractivity contribution in [2.45, 2.75) is 6.92 Å². The molecule has 0 spiro atoms. The number of anilines is 2. The van der Waals surface area contributed by atoms with Crippen molar-refractivity contribution in [1.82, 2.24) is 4.98 Å². The van der Waals surface area contributed by atoms with E-state index < -0.39 is 6.09 Å². The molecule has 0 saturated heterocycles. The summed E-state index contributed by atoms with van der Waals surface area (Å²) in [5, 5.41) is 6.11. The van der Waals surface area contributed by atoms with Crippen molar-refractivity contribution in [3.05, 3.63) is 18.2 Å². The number of pyridine rings is 1. The van der Waals surface area contributed by atoms with E-state index in [2.05, 4.69) is 20.4 Å². The second kappa shape index (κ2) is 6.49. The summed E-state index contributed by atoms with van der Waals surface area (Å²) in [4.78, 5) is 14.6. The highest BCUT2D eigenvalue weighted by Gasteiger charge is 1.97. The van der Waals surface area contributed by atoms with Crippen LogP contribution in [-0.2, 0) is 4.74 Å². The number of nitrogens with zero attached hydrogens (tertiary/aromatic N) is 1. The summed E-state index contributed by atoms with van der Waals surface area (Å²) in [6.45, 7) is 3.53. The molecule has 1 rings (SSSR count). The number of amides is 1. The molecule has 88 valence electrons. The van der Waals surface area contributed by atoms with Gasteiger partial charge in [0, 0.05) is 6.54 Å². The molecule has 0 unspecified atom stereocenters. The van der Waals surface area contributed by atoms with Gasteiger partial charge >= 0.3 is 6.09 Å². The van der Waals surface area contributed by atoms with Gasteiger partial charge in [0.2, 0.25) is 0 Å². The van der Waals surface area contributed by atoms with E-state index in [4.69, 9.17) is 5.73 Å². The van der Waals surface area contributed by atoms with Crippen molar-refractivity contribution >= 4 is 17.7 Å². The molecule has 16 heavy (non-hydrogen) atoms. The van der Waals surface area contributed by atoms with Gasteiger partial charge in [-0.05, 0) is 19.1 Å². The topological polar surface area (TPSA) is 89.3 Å². The Morgan fingerprint density at radius 1 is 1.44 bits per heavy atom. The zero-order chi connectivity index (χ0) is 11.8. The number of rotatable bonds is 6. The van der Waals surface area contributed by atoms with E-state index in [9.17, 15) is 4.79 Å². The molecule has 0 aliphatic heterocycles. The largest absolute Gasteiger partial charge is 0.448 e. The summed E-state index contributed by atoms with van der Waals surface area (Å²) in [6, 6.07) is 5.61. The number of nitrogens with one attached hydrogen (secondary N) is 2. The summed E-state index contributed by atoms with van der Waals surface area (Å²) in [5.41, 5.74) is 4.82. The van der Waals surface area contributed by atoms with Crippen LogP contribution in [0.3, 0.4) is 0 Å². The first kappa shape index (κ1) is 12.1. The third-order valence-electron chi connectivity index (χ3n) is 1.76. The Kier molecular flexibility index (Phi) is 4.91. The minimum absolute atomic E-state index is 0.225. The van der Waals surface area contributed by atoms with Crippen molar-refractivity contribution in [3.8, 4) is 0 Å². The van der Waals surface area contributed by atoms with Crippen molar-refractivity contribution in [2.75, 3.05) is 30.3 Å². The van der Waals surface area contributed by atoms with E-state index >= 15 is 0 Å². The zero-order valence-corrected chi connectivity index (χ0v) is 9.19. The first-order chi connectivity index (χ1) is 7.72. The molecule has 6 heteroatoms. The third-order valence-corrected chi connectivity index (χ3v) is 1.76. The van der Waals surface area contributed by atoms with Gasteiger partial charge in [-0.15, -0.1) is 0 Å². The van der Waals surface area contributed by atoms with E-state index in [1.54, 1.807) is 0 Å². The number of nitrogens with two attached hydrogens (primary N) is 1. The van der Waals surface area contributed by atoms with Gasteiger partial charge in [0.25, 0.3) is 0 Å². The fourth-order valence-electron chi connectivity index (χ4n) is 1.14. The van der Waals surface area contributed by atoms with Gasteiger partial charge in [-0.2, -0.15) is 0 Å². The van der Waals surface area contributed by atoms with Crippen LogP contribution in [0.1, 0.15) is 6.92 Å². The van der Waals surface area contributed by atoms with Crippen molar-refractivity contribution < 1.29 is 9.53 Å². The molecule has 0 fully saturated rings. The number of ether oxygens (including phenoxy) is 1. The summed E-state index contributed by atoms with van der Waals surface area (Å²) in [6.07, 6.45) is -0.767. The monoisotopic (exact) mass is 224 g/mol. The molecule has 1 aromatic rings. The highest BCUT2D eigenvalue weighted by molar-refractivity contribution is 5.64. The van der Waals surface area contributed by atoms with E-state index in [0.29, 0.717) is 6.54 Å². The van der Waals surface area contributed by atoms with E-state index in [0.717, 1.165) is 18.2 Å². The van der Waals surface area contributed by atoms with Gasteiger partial charge in [0.1, 0.15) is 18.2 Å². The Morgan fingerprint density at radius 2 is 2.12 bits per heavy atom. The van der Waals surface area contributed by atoms with Crippen molar-refractivity contribution in [2.24, 2.45) is 5.73 Å². The van der Waals surface area contributed by atoms with Gasteiger partial charge in [-0.3, -0.25) is 0 Å². The number of primary amides is 1. The lowest BCUT2D eigenvalue weighted by molar-refractivity contribution is 0.161. The zero-order valence-electron chi connectivity index (χ0n) is 9.19. The van der Waals surface area contributed by atoms with Crippen LogP contribution in [0.2, 0.25) is 0 Å². The first-order valence-electron chi connectivity index (χ1n) is 5.09. The highest BCUT2D eigenvalue weighted by Crippen LogP contribution is 2.08. The van der Waals surface area contributed by atoms with Crippen molar-refractivity contribution in [1.29, 1.82) is 0 Å². The molecule has 1 amide bonds. The average molecular weight is 224 g/mol. The second-order valence-corrected chi connectivity index (χ2v) is 3.03. The molecule has 0 aliphatic rings. The summed E-state index contributed by atoms with van der Waals surface area (Å²) in [5.74, 6) is 1.54. The lowest BCUT2D eigenvalue weighted by Crippen LogP contribution is -2.18. The van der Waals surface area contributed by atoms with Gasteiger partial charge in [0.15, 0.2) is 0 Å².